The van der Waals surface area contributed by atoms with Crippen LogP contribution in [0.3, 0.4) is 0 Å². The van der Waals surface area contributed by atoms with Gasteiger partial charge in [0.05, 0.1) is 4.90 Å². The van der Waals surface area contributed by atoms with Gasteiger partial charge in [-0.15, -0.1) is 0 Å². The molecule has 0 aromatic heterocycles. The topological polar surface area (TPSA) is 78.5 Å². The highest BCUT2D eigenvalue weighted by Gasteiger charge is 2.23. The van der Waals surface area contributed by atoms with E-state index in [0.29, 0.717) is 6.54 Å². The lowest BCUT2D eigenvalue weighted by atomic mass is 9.87. The van der Waals surface area contributed by atoms with Crippen LogP contribution in [0.5, 0.6) is 0 Å². The lowest BCUT2D eigenvalue weighted by molar-refractivity contribution is -0.133. The van der Waals surface area contributed by atoms with Crippen LogP contribution in [-0.2, 0) is 20.2 Å². The second-order valence-corrected chi connectivity index (χ2v) is 9.33. The van der Waals surface area contributed by atoms with E-state index in [2.05, 4.69) is 30.8 Å². The Balaban J connectivity index is 1.92. The van der Waals surface area contributed by atoms with Gasteiger partial charge in [-0.05, 0) is 30.0 Å². The molecule has 7 heteroatoms. The van der Waals surface area contributed by atoms with Crippen LogP contribution in [-0.4, -0.2) is 51.4 Å². The number of hydrogen-bond acceptors (Lipinski definition) is 4. The van der Waals surface area contributed by atoms with Crippen molar-refractivity contribution in [2.45, 2.75) is 50.5 Å². The average molecular weight is 368 g/mol. The molecule has 6 nitrogen and oxygen atoms in total. The summed E-state index contributed by atoms with van der Waals surface area (Å²) in [6.07, 6.45) is 0.170. The van der Waals surface area contributed by atoms with Gasteiger partial charge < -0.3 is 10.2 Å². The molecule has 0 bridgehead atoms. The Labute approximate surface area is 151 Å². The minimum Gasteiger partial charge on any atom is -0.337 e. The maximum Gasteiger partial charge on any atom is 0.240 e. The van der Waals surface area contributed by atoms with E-state index in [9.17, 15) is 13.2 Å². The fraction of sp³-hybridized carbons (Fsp3) is 0.611. The largest absolute Gasteiger partial charge is 0.337 e. The fourth-order valence-electron chi connectivity index (χ4n) is 2.86. The van der Waals surface area contributed by atoms with E-state index < -0.39 is 10.0 Å². The van der Waals surface area contributed by atoms with Gasteiger partial charge in [0.1, 0.15) is 0 Å². The van der Waals surface area contributed by atoms with E-state index in [4.69, 9.17) is 0 Å². The lowest BCUT2D eigenvalue weighted by Gasteiger charge is -2.34. The van der Waals surface area contributed by atoms with Gasteiger partial charge in [-0.2, -0.15) is 0 Å². The molecule has 0 aliphatic carbocycles. The molecule has 1 aromatic carbocycles. The van der Waals surface area contributed by atoms with Gasteiger partial charge in [0, 0.05) is 38.6 Å². The first-order valence-corrected chi connectivity index (χ1v) is 10.2. The van der Waals surface area contributed by atoms with E-state index in [1.807, 2.05) is 24.0 Å². The third kappa shape index (κ3) is 5.26. The number of rotatable bonds is 5. The van der Waals surface area contributed by atoms with Gasteiger partial charge in [-0.1, -0.05) is 32.9 Å². The van der Waals surface area contributed by atoms with Crippen LogP contribution >= 0.6 is 0 Å². The Morgan fingerprint density at radius 3 is 2.48 bits per heavy atom. The van der Waals surface area contributed by atoms with Crippen molar-refractivity contribution in [2.24, 2.45) is 0 Å². The molecule has 1 heterocycles. The van der Waals surface area contributed by atoms with Gasteiger partial charge >= 0.3 is 0 Å². The summed E-state index contributed by atoms with van der Waals surface area (Å²) in [5.74, 6) is -0.0141. The summed E-state index contributed by atoms with van der Waals surface area (Å²) < 4.78 is 27.3. The van der Waals surface area contributed by atoms with Crippen LogP contribution < -0.4 is 10.0 Å². The Morgan fingerprint density at radius 1 is 1.28 bits per heavy atom. The predicted octanol–water partition coefficient (Wildman–Crippen LogP) is 1.47. The van der Waals surface area contributed by atoms with Gasteiger partial charge in [-0.3, -0.25) is 4.79 Å². The summed E-state index contributed by atoms with van der Waals surface area (Å²) in [4.78, 5) is 14.3. The van der Waals surface area contributed by atoms with Crippen molar-refractivity contribution in [2.75, 3.05) is 26.2 Å². The average Bonchev–Trinajstić information content (AvgIpc) is 2.54. The quantitative estimate of drug-likeness (QED) is 0.826. The second-order valence-electron chi connectivity index (χ2n) is 7.56. The third-order valence-corrected chi connectivity index (χ3v) is 5.96. The maximum atomic E-state index is 12.4. The van der Waals surface area contributed by atoms with Crippen molar-refractivity contribution in [3.05, 3.63) is 29.8 Å². The minimum absolute atomic E-state index is 0.0141. The highest BCUT2D eigenvalue weighted by atomic mass is 32.2. The van der Waals surface area contributed by atoms with Gasteiger partial charge in [0.25, 0.3) is 0 Å². The molecule has 2 rings (SSSR count). The lowest BCUT2D eigenvalue weighted by Crippen LogP contribution is -2.52. The summed E-state index contributed by atoms with van der Waals surface area (Å²) in [5, 5.41) is 3.23. The first-order chi connectivity index (χ1) is 11.6. The van der Waals surface area contributed by atoms with Crippen LogP contribution in [0.25, 0.3) is 0 Å². The van der Waals surface area contributed by atoms with Crippen molar-refractivity contribution in [1.29, 1.82) is 0 Å². The number of sulfonamides is 1. The number of hydrogen-bond donors (Lipinski definition) is 2. The summed E-state index contributed by atoms with van der Waals surface area (Å²) in [6, 6.07) is 7.04. The minimum atomic E-state index is -3.60. The Bertz CT molecular complexity index is 693. The number of benzene rings is 1. The number of nitrogens with zero attached hydrogens (tertiary/aromatic N) is 1. The molecule has 0 unspecified atom stereocenters. The zero-order chi connectivity index (χ0) is 18.7. The van der Waals surface area contributed by atoms with Crippen LogP contribution in [0.4, 0.5) is 0 Å². The number of nitrogens with one attached hydrogen (secondary N) is 2. The number of piperazine rings is 1. The molecule has 1 saturated heterocycles. The van der Waals surface area contributed by atoms with Crippen LogP contribution in [0.15, 0.2) is 29.2 Å². The zero-order valence-corrected chi connectivity index (χ0v) is 16.3. The molecule has 1 aromatic rings. The summed E-state index contributed by atoms with van der Waals surface area (Å²) in [5.41, 5.74) is 1.05. The molecule has 25 heavy (non-hydrogen) atoms. The molecular weight excluding hydrogens is 338 g/mol. The SMILES string of the molecule is C[C@@H]1CNCCN1C(=O)CCNS(=O)(=O)c1ccc(C(C)(C)C)cc1. The van der Waals surface area contributed by atoms with E-state index in [-0.39, 0.29) is 35.2 Å². The molecule has 0 spiro atoms. The second kappa shape index (κ2) is 7.85. The molecule has 1 aliphatic rings. The van der Waals surface area contributed by atoms with E-state index in [1.165, 1.54) is 0 Å². The first kappa shape index (κ1) is 19.9. The fourth-order valence-corrected chi connectivity index (χ4v) is 3.90. The van der Waals surface area contributed by atoms with Crippen LogP contribution in [0, 0.1) is 0 Å². The first-order valence-electron chi connectivity index (χ1n) is 8.71. The van der Waals surface area contributed by atoms with E-state index in [1.54, 1.807) is 12.1 Å². The van der Waals surface area contributed by atoms with Gasteiger partial charge in [0.2, 0.25) is 15.9 Å². The summed E-state index contributed by atoms with van der Waals surface area (Å²) in [7, 11) is -3.60. The van der Waals surface area contributed by atoms with E-state index >= 15 is 0 Å². The van der Waals surface area contributed by atoms with Crippen LogP contribution in [0.2, 0.25) is 0 Å². The maximum absolute atomic E-state index is 12.4. The Kier molecular flexibility index (Phi) is 6.24. The zero-order valence-electron chi connectivity index (χ0n) is 15.5. The highest BCUT2D eigenvalue weighted by Crippen LogP contribution is 2.23. The predicted molar refractivity (Wildman–Crippen MR) is 99.0 cm³/mol. The van der Waals surface area contributed by atoms with Crippen molar-refractivity contribution in [3.8, 4) is 0 Å². The van der Waals surface area contributed by atoms with Crippen molar-refractivity contribution < 1.29 is 13.2 Å². The van der Waals surface area contributed by atoms with Crippen molar-refractivity contribution >= 4 is 15.9 Å². The highest BCUT2D eigenvalue weighted by molar-refractivity contribution is 7.89. The molecule has 0 saturated carbocycles. The molecule has 1 aliphatic heterocycles. The number of amides is 1. The molecule has 1 atom stereocenters. The summed E-state index contributed by atoms with van der Waals surface area (Å²) >= 11 is 0. The molecule has 1 fully saturated rings. The van der Waals surface area contributed by atoms with Crippen molar-refractivity contribution in [3.63, 3.8) is 0 Å². The molecule has 2 N–H and O–H groups in total. The Hall–Kier alpha value is -1.44. The van der Waals surface area contributed by atoms with Crippen molar-refractivity contribution in [1.82, 2.24) is 14.9 Å². The normalized spacial score (nSPS) is 19.0. The number of carbonyl (C=O) groups is 1. The molecule has 0 radical (unpaired) electrons. The van der Waals surface area contributed by atoms with E-state index in [0.717, 1.165) is 18.7 Å². The molecule has 1 amide bonds. The number of carbonyl (C=O) groups excluding carboxylic acids is 1. The third-order valence-electron chi connectivity index (χ3n) is 4.48. The molecular formula is C18H29N3O3S. The Morgan fingerprint density at radius 2 is 1.92 bits per heavy atom. The monoisotopic (exact) mass is 367 g/mol. The van der Waals surface area contributed by atoms with Gasteiger partial charge in [-0.25, -0.2) is 13.1 Å². The standard InChI is InChI=1S/C18H29N3O3S/c1-14-13-19-11-12-21(14)17(22)9-10-20-25(23,24)16-7-5-15(6-8-16)18(2,3)4/h5-8,14,19-20H,9-13H2,1-4H3/t14-/m1/s1. The molecule has 140 valence electrons. The smallest absolute Gasteiger partial charge is 0.240 e. The summed E-state index contributed by atoms with van der Waals surface area (Å²) in [6.45, 7) is 10.6. The van der Waals surface area contributed by atoms with Gasteiger partial charge in [0.15, 0.2) is 0 Å². The van der Waals surface area contributed by atoms with Crippen LogP contribution in [0.1, 0.15) is 39.7 Å².